The summed E-state index contributed by atoms with van der Waals surface area (Å²) < 4.78 is 37.5. The number of hydrogen-bond acceptors (Lipinski definition) is 2. The van der Waals surface area contributed by atoms with E-state index in [-0.39, 0.29) is 18.4 Å². The lowest BCUT2D eigenvalue weighted by Gasteiger charge is -2.30. The van der Waals surface area contributed by atoms with Crippen LogP contribution in [-0.2, 0) is 4.79 Å². The van der Waals surface area contributed by atoms with Crippen molar-refractivity contribution in [3.8, 4) is 0 Å². The Morgan fingerprint density at radius 1 is 1.39 bits per heavy atom. The molecule has 6 heteroatoms. The molecule has 1 saturated carbocycles. The second-order valence-electron chi connectivity index (χ2n) is 4.96. The molecule has 1 atom stereocenters. The number of halogens is 3. The molecule has 0 saturated heterocycles. The molecule has 1 unspecified atom stereocenters. The number of amides is 1. The fourth-order valence-electron chi connectivity index (χ4n) is 2.05. The van der Waals surface area contributed by atoms with Gasteiger partial charge in [0.05, 0.1) is 0 Å². The first-order valence-corrected chi connectivity index (χ1v) is 6.41. The van der Waals surface area contributed by atoms with E-state index in [0.717, 1.165) is 17.7 Å². The van der Waals surface area contributed by atoms with Crippen LogP contribution in [-0.4, -0.2) is 36.1 Å². The highest BCUT2D eigenvalue weighted by Crippen LogP contribution is 2.36. The number of unbranched alkanes of at least 4 members (excludes halogenated alkanes) is 1. The van der Waals surface area contributed by atoms with Crippen molar-refractivity contribution in [1.82, 2.24) is 4.90 Å². The maximum absolute atomic E-state index is 12.5. The minimum atomic E-state index is -4.33. The van der Waals surface area contributed by atoms with Crippen LogP contribution in [0.1, 0.15) is 39.0 Å². The summed E-state index contributed by atoms with van der Waals surface area (Å²) in [6.07, 6.45) is -1.10. The van der Waals surface area contributed by atoms with E-state index in [0.29, 0.717) is 19.4 Å². The van der Waals surface area contributed by atoms with Gasteiger partial charge in [0.1, 0.15) is 6.54 Å². The molecule has 1 fully saturated rings. The fraction of sp³-hybridized carbons (Fsp3) is 0.917. The number of nitrogens with two attached hydrogens (primary N) is 1. The van der Waals surface area contributed by atoms with Gasteiger partial charge in [-0.25, -0.2) is 0 Å². The Bertz CT molecular complexity index is 277. The highest BCUT2D eigenvalue weighted by atomic mass is 19.4. The van der Waals surface area contributed by atoms with Crippen LogP contribution < -0.4 is 5.73 Å². The van der Waals surface area contributed by atoms with E-state index in [2.05, 4.69) is 0 Å². The number of rotatable bonds is 7. The van der Waals surface area contributed by atoms with E-state index < -0.39 is 18.6 Å². The summed E-state index contributed by atoms with van der Waals surface area (Å²) in [5, 5.41) is 0. The normalized spacial score (nSPS) is 17.6. The summed E-state index contributed by atoms with van der Waals surface area (Å²) in [5.41, 5.74) is 5.31. The Kier molecular flexibility index (Phi) is 5.44. The van der Waals surface area contributed by atoms with Gasteiger partial charge in [-0.05, 0) is 45.1 Å². The molecule has 0 aliphatic heterocycles. The quantitative estimate of drug-likeness (QED) is 0.719. The van der Waals surface area contributed by atoms with Crippen LogP contribution in [0.2, 0.25) is 0 Å². The molecule has 0 aromatic rings. The molecule has 1 aliphatic rings. The van der Waals surface area contributed by atoms with Crippen LogP contribution in [0.5, 0.6) is 0 Å². The van der Waals surface area contributed by atoms with Gasteiger partial charge in [-0.15, -0.1) is 0 Å². The van der Waals surface area contributed by atoms with E-state index >= 15 is 0 Å². The van der Waals surface area contributed by atoms with Gasteiger partial charge in [-0.3, -0.25) is 4.79 Å². The molecule has 3 nitrogen and oxygen atoms in total. The number of nitrogens with zero attached hydrogens (tertiary/aromatic N) is 1. The fourth-order valence-corrected chi connectivity index (χ4v) is 2.05. The molecule has 0 aromatic heterocycles. The molecule has 1 aliphatic carbocycles. The summed E-state index contributed by atoms with van der Waals surface area (Å²) in [4.78, 5) is 12.8. The largest absolute Gasteiger partial charge is 0.406 e. The molecule has 2 N–H and O–H groups in total. The van der Waals surface area contributed by atoms with E-state index in [1.807, 2.05) is 0 Å². The highest BCUT2D eigenvalue weighted by molar-refractivity contribution is 5.76. The van der Waals surface area contributed by atoms with Crippen LogP contribution in [0.4, 0.5) is 13.2 Å². The van der Waals surface area contributed by atoms with Gasteiger partial charge in [0.2, 0.25) is 5.91 Å². The van der Waals surface area contributed by atoms with Gasteiger partial charge >= 0.3 is 6.18 Å². The Hall–Kier alpha value is -0.780. The number of alkyl halides is 3. The molecular formula is C12H21F3N2O. The van der Waals surface area contributed by atoms with Crippen LogP contribution in [0, 0.1) is 5.92 Å². The van der Waals surface area contributed by atoms with Crippen LogP contribution >= 0.6 is 0 Å². The zero-order chi connectivity index (χ0) is 13.8. The summed E-state index contributed by atoms with van der Waals surface area (Å²) >= 11 is 0. The molecule has 1 rings (SSSR count). The summed E-state index contributed by atoms with van der Waals surface area (Å²) in [6.45, 7) is 1.04. The van der Waals surface area contributed by atoms with Crippen molar-refractivity contribution in [1.29, 1.82) is 0 Å². The molecule has 18 heavy (non-hydrogen) atoms. The van der Waals surface area contributed by atoms with Crippen molar-refractivity contribution in [2.24, 2.45) is 11.7 Å². The second kappa shape index (κ2) is 6.41. The summed E-state index contributed by atoms with van der Waals surface area (Å²) in [6, 6.07) is -0.308. The first-order chi connectivity index (χ1) is 8.35. The first kappa shape index (κ1) is 15.3. The van der Waals surface area contributed by atoms with Gasteiger partial charge < -0.3 is 10.6 Å². The molecule has 1 amide bonds. The van der Waals surface area contributed by atoms with E-state index in [1.165, 1.54) is 0 Å². The molecular weight excluding hydrogens is 245 g/mol. The number of carbonyl (C=O) groups is 1. The average Bonchev–Trinajstić information content (AvgIpc) is 3.07. The standard InChI is InChI=1S/C12H21F3N2O/c1-9(10-5-6-10)17(8-12(13,14)15)11(18)4-2-3-7-16/h9-10H,2-8,16H2,1H3. The van der Waals surface area contributed by atoms with Crippen molar-refractivity contribution < 1.29 is 18.0 Å². The van der Waals surface area contributed by atoms with Crippen LogP contribution in [0.15, 0.2) is 0 Å². The molecule has 106 valence electrons. The van der Waals surface area contributed by atoms with Gasteiger partial charge in [-0.1, -0.05) is 0 Å². The third kappa shape index (κ3) is 5.25. The lowest BCUT2D eigenvalue weighted by Crippen LogP contribution is -2.45. The van der Waals surface area contributed by atoms with Crippen LogP contribution in [0.25, 0.3) is 0 Å². The Balaban J connectivity index is 2.55. The molecule has 0 spiro atoms. The SMILES string of the molecule is CC(C1CC1)N(CC(F)(F)F)C(=O)CCCCN. The maximum Gasteiger partial charge on any atom is 0.406 e. The number of hydrogen-bond donors (Lipinski definition) is 1. The monoisotopic (exact) mass is 266 g/mol. The van der Waals surface area contributed by atoms with Gasteiger partial charge in [0.15, 0.2) is 0 Å². The van der Waals surface area contributed by atoms with Crippen molar-refractivity contribution in [2.45, 2.75) is 51.2 Å². The first-order valence-electron chi connectivity index (χ1n) is 6.41. The smallest absolute Gasteiger partial charge is 0.331 e. The van der Waals surface area contributed by atoms with Crippen LogP contribution in [0.3, 0.4) is 0 Å². The maximum atomic E-state index is 12.5. The van der Waals surface area contributed by atoms with Gasteiger partial charge in [0.25, 0.3) is 0 Å². The highest BCUT2D eigenvalue weighted by Gasteiger charge is 2.40. The molecule has 0 aromatic carbocycles. The minimum absolute atomic E-state index is 0.157. The predicted molar refractivity (Wildman–Crippen MR) is 62.9 cm³/mol. The minimum Gasteiger partial charge on any atom is -0.331 e. The van der Waals surface area contributed by atoms with Crippen molar-refractivity contribution >= 4 is 5.91 Å². The van der Waals surface area contributed by atoms with Gasteiger partial charge in [0, 0.05) is 12.5 Å². The Morgan fingerprint density at radius 2 is 2.00 bits per heavy atom. The second-order valence-corrected chi connectivity index (χ2v) is 4.96. The Labute approximate surface area is 106 Å². The van der Waals surface area contributed by atoms with Crippen molar-refractivity contribution in [3.05, 3.63) is 0 Å². The predicted octanol–water partition coefficient (Wildman–Crippen LogP) is 2.30. The Morgan fingerprint density at radius 3 is 2.44 bits per heavy atom. The topological polar surface area (TPSA) is 46.3 Å². The molecule has 0 bridgehead atoms. The third-order valence-electron chi connectivity index (χ3n) is 3.31. The summed E-state index contributed by atoms with van der Waals surface area (Å²) in [5.74, 6) is -0.161. The summed E-state index contributed by atoms with van der Waals surface area (Å²) in [7, 11) is 0. The van der Waals surface area contributed by atoms with Gasteiger partial charge in [-0.2, -0.15) is 13.2 Å². The average molecular weight is 266 g/mol. The zero-order valence-electron chi connectivity index (χ0n) is 10.7. The molecule has 0 radical (unpaired) electrons. The van der Waals surface area contributed by atoms with Crippen molar-refractivity contribution in [3.63, 3.8) is 0 Å². The third-order valence-corrected chi connectivity index (χ3v) is 3.31. The molecule has 0 heterocycles. The lowest BCUT2D eigenvalue weighted by atomic mass is 10.1. The van der Waals surface area contributed by atoms with Crippen molar-refractivity contribution in [2.75, 3.05) is 13.1 Å². The number of carbonyl (C=O) groups excluding carboxylic acids is 1. The zero-order valence-corrected chi connectivity index (χ0v) is 10.7. The lowest BCUT2D eigenvalue weighted by molar-refractivity contribution is -0.166. The van der Waals surface area contributed by atoms with E-state index in [1.54, 1.807) is 6.92 Å². The van der Waals surface area contributed by atoms with E-state index in [4.69, 9.17) is 5.73 Å². The van der Waals surface area contributed by atoms with E-state index in [9.17, 15) is 18.0 Å².